The molecule has 4 heteroatoms. The highest BCUT2D eigenvalue weighted by Gasteiger charge is 2.21. The number of carbonyl (C=O) groups excluding carboxylic acids is 2. The van der Waals surface area contributed by atoms with Gasteiger partial charge in [0.25, 0.3) is 11.7 Å². The molecule has 1 amide bonds. The molecule has 23 heavy (non-hydrogen) atoms. The lowest BCUT2D eigenvalue weighted by Crippen LogP contribution is -2.23. The number of anilines is 1. The van der Waals surface area contributed by atoms with Gasteiger partial charge in [0, 0.05) is 29.8 Å². The largest absolute Gasteiger partial charge is 0.350 e. The Morgan fingerprint density at radius 1 is 1.04 bits per heavy atom. The van der Waals surface area contributed by atoms with E-state index in [4.69, 9.17) is 0 Å². The zero-order chi connectivity index (χ0) is 16.4. The van der Waals surface area contributed by atoms with Crippen LogP contribution in [0, 0.1) is 0 Å². The number of benzene rings is 2. The molecular weight excluding hydrogens is 288 g/mol. The summed E-state index contributed by atoms with van der Waals surface area (Å²) in [5.74, 6) is -1.13. The number of nitrogens with zero attached hydrogens (tertiary/aromatic N) is 1. The van der Waals surface area contributed by atoms with Gasteiger partial charge in [-0.3, -0.25) is 9.59 Å². The van der Waals surface area contributed by atoms with Crippen LogP contribution in [0.25, 0.3) is 10.9 Å². The number of amides is 1. The van der Waals surface area contributed by atoms with Crippen molar-refractivity contribution in [3.63, 3.8) is 0 Å². The second kappa shape index (κ2) is 6.08. The molecular formula is C19H18N2O2. The number of fused-ring (bicyclic) bond motifs is 1. The van der Waals surface area contributed by atoms with E-state index < -0.39 is 11.7 Å². The summed E-state index contributed by atoms with van der Waals surface area (Å²) in [6, 6.07) is 15.1. The van der Waals surface area contributed by atoms with Gasteiger partial charge in [-0.15, -0.1) is 0 Å². The van der Waals surface area contributed by atoms with Crippen molar-refractivity contribution in [2.45, 2.75) is 13.3 Å². The SMILES string of the molecule is CCc1ccccc1NC(=O)C(=O)c1cn(C)c2ccccc12. The maximum atomic E-state index is 12.6. The molecule has 2 aromatic carbocycles. The van der Waals surface area contributed by atoms with Crippen LogP contribution in [-0.4, -0.2) is 16.3 Å². The Balaban J connectivity index is 1.92. The van der Waals surface area contributed by atoms with Gasteiger partial charge in [-0.1, -0.05) is 43.3 Å². The summed E-state index contributed by atoms with van der Waals surface area (Å²) in [5.41, 5.74) is 3.05. The van der Waals surface area contributed by atoms with Gasteiger partial charge in [0.2, 0.25) is 0 Å². The standard InChI is InChI=1S/C19H18N2O2/c1-3-13-8-4-6-10-16(13)20-19(23)18(22)15-12-21(2)17-11-7-5-9-14(15)17/h4-12H,3H2,1-2H3,(H,20,23). The molecule has 1 heterocycles. The highest BCUT2D eigenvalue weighted by molar-refractivity contribution is 6.48. The Morgan fingerprint density at radius 2 is 1.74 bits per heavy atom. The Hall–Kier alpha value is -2.88. The number of hydrogen-bond acceptors (Lipinski definition) is 2. The zero-order valence-corrected chi connectivity index (χ0v) is 13.2. The predicted octanol–water partition coefficient (Wildman–Crippen LogP) is 3.56. The lowest BCUT2D eigenvalue weighted by molar-refractivity contribution is -0.112. The van der Waals surface area contributed by atoms with Gasteiger partial charge in [0.15, 0.2) is 0 Å². The van der Waals surface area contributed by atoms with Gasteiger partial charge in [-0.2, -0.15) is 0 Å². The molecule has 1 aromatic heterocycles. The topological polar surface area (TPSA) is 51.1 Å². The number of aryl methyl sites for hydroxylation is 2. The minimum Gasteiger partial charge on any atom is -0.350 e. The number of para-hydroxylation sites is 2. The minimum atomic E-state index is -0.609. The molecule has 0 aliphatic carbocycles. The molecule has 116 valence electrons. The van der Waals surface area contributed by atoms with Crippen molar-refractivity contribution in [1.29, 1.82) is 0 Å². The van der Waals surface area contributed by atoms with Crippen LogP contribution in [0.3, 0.4) is 0 Å². The van der Waals surface area contributed by atoms with Crippen molar-refractivity contribution in [2.24, 2.45) is 7.05 Å². The number of carbonyl (C=O) groups is 2. The molecule has 0 unspecified atom stereocenters. The first-order valence-electron chi connectivity index (χ1n) is 7.59. The molecule has 0 aliphatic heterocycles. The number of Topliss-reactive ketones (excluding diaryl/α,β-unsaturated/α-hetero) is 1. The van der Waals surface area contributed by atoms with E-state index in [0.717, 1.165) is 22.9 Å². The fraction of sp³-hybridized carbons (Fsp3) is 0.158. The van der Waals surface area contributed by atoms with E-state index in [1.165, 1.54) is 0 Å². The van der Waals surface area contributed by atoms with Gasteiger partial charge in [-0.05, 0) is 24.1 Å². The van der Waals surface area contributed by atoms with Gasteiger partial charge >= 0.3 is 0 Å². The smallest absolute Gasteiger partial charge is 0.296 e. The third-order valence-corrected chi connectivity index (χ3v) is 3.99. The van der Waals surface area contributed by atoms with E-state index >= 15 is 0 Å². The fourth-order valence-electron chi connectivity index (χ4n) is 2.77. The van der Waals surface area contributed by atoms with Gasteiger partial charge in [0.1, 0.15) is 0 Å². The van der Waals surface area contributed by atoms with E-state index in [1.807, 2.05) is 67.1 Å². The summed E-state index contributed by atoms with van der Waals surface area (Å²) in [6.45, 7) is 2.01. The first kappa shape index (κ1) is 15.0. The van der Waals surface area contributed by atoms with Crippen LogP contribution >= 0.6 is 0 Å². The van der Waals surface area contributed by atoms with Gasteiger partial charge in [0.05, 0.1) is 5.56 Å². The van der Waals surface area contributed by atoms with Crippen LogP contribution in [-0.2, 0) is 18.3 Å². The summed E-state index contributed by atoms with van der Waals surface area (Å²) in [6.07, 6.45) is 2.50. The highest BCUT2D eigenvalue weighted by atomic mass is 16.2. The third-order valence-electron chi connectivity index (χ3n) is 3.99. The van der Waals surface area contributed by atoms with E-state index in [-0.39, 0.29) is 0 Å². The van der Waals surface area contributed by atoms with E-state index in [9.17, 15) is 9.59 Å². The predicted molar refractivity (Wildman–Crippen MR) is 91.7 cm³/mol. The first-order chi connectivity index (χ1) is 11.1. The van der Waals surface area contributed by atoms with Gasteiger partial charge in [-0.25, -0.2) is 0 Å². The molecule has 3 rings (SSSR count). The summed E-state index contributed by atoms with van der Waals surface area (Å²) in [7, 11) is 1.86. The highest BCUT2D eigenvalue weighted by Crippen LogP contribution is 2.22. The number of hydrogen-bond donors (Lipinski definition) is 1. The molecule has 0 radical (unpaired) electrons. The Kier molecular flexibility index (Phi) is 3.98. The number of nitrogens with one attached hydrogen (secondary N) is 1. The maximum absolute atomic E-state index is 12.6. The zero-order valence-electron chi connectivity index (χ0n) is 13.2. The lowest BCUT2D eigenvalue weighted by atomic mass is 10.1. The second-order valence-corrected chi connectivity index (χ2v) is 5.46. The Morgan fingerprint density at radius 3 is 2.52 bits per heavy atom. The molecule has 3 aromatic rings. The number of ketones is 1. The van der Waals surface area contributed by atoms with Crippen LogP contribution in [0.5, 0.6) is 0 Å². The molecule has 0 spiro atoms. The average molecular weight is 306 g/mol. The second-order valence-electron chi connectivity index (χ2n) is 5.46. The first-order valence-corrected chi connectivity index (χ1v) is 7.59. The van der Waals surface area contributed by atoms with Crippen molar-refractivity contribution in [3.8, 4) is 0 Å². The molecule has 1 N–H and O–H groups in total. The molecule has 0 saturated carbocycles. The Bertz CT molecular complexity index is 893. The summed E-state index contributed by atoms with van der Waals surface area (Å²) >= 11 is 0. The summed E-state index contributed by atoms with van der Waals surface area (Å²) in [5, 5.41) is 3.53. The van der Waals surface area contributed by atoms with Crippen LogP contribution in [0.4, 0.5) is 5.69 Å². The average Bonchev–Trinajstić information content (AvgIpc) is 2.92. The van der Waals surface area contributed by atoms with Crippen molar-refractivity contribution in [1.82, 2.24) is 4.57 Å². The molecule has 0 bridgehead atoms. The monoisotopic (exact) mass is 306 g/mol. The van der Waals surface area contributed by atoms with Gasteiger partial charge < -0.3 is 9.88 Å². The summed E-state index contributed by atoms with van der Waals surface area (Å²) in [4.78, 5) is 24.9. The van der Waals surface area contributed by atoms with Crippen molar-refractivity contribution in [2.75, 3.05) is 5.32 Å². The molecule has 0 fully saturated rings. The van der Waals surface area contributed by atoms with Crippen molar-refractivity contribution < 1.29 is 9.59 Å². The quantitative estimate of drug-likeness (QED) is 0.592. The van der Waals surface area contributed by atoms with Crippen LogP contribution in [0.2, 0.25) is 0 Å². The normalized spacial score (nSPS) is 10.7. The molecule has 4 nitrogen and oxygen atoms in total. The molecule has 0 aliphatic rings. The lowest BCUT2D eigenvalue weighted by Gasteiger charge is -2.08. The van der Waals surface area contributed by atoms with Crippen LogP contribution in [0.15, 0.2) is 54.7 Å². The molecule has 0 atom stereocenters. The van der Waals surface area contributed by atoms with Crippen molar-refractivity contribution in [3.05, 3.63) is 65.9 Å². The minimum absolute atomic E-state index is 0.426. The van der Waals surface area contributed by atoms with Crippen molar-refractivity contribution >= 4 is 28.3 Å². The van der Waals surface area contributed by atoms with E-state index in [0.29, 0.717) is 11.3 Å². The number of aromatic nitrogens is 1. The maximum Gasteiger partial charge on any atom is 0.296 e. The van der Waals surface area contributed by atoms with Crippen LogP contribution < -0.4 is 5.32 Å². The molecule has 0 saturated heterocycles. The Labute approximate surface area is 134 Å². The van der Waals surface area contributed by atoms with E-state index in [1.54, 1.807) is 6.20 Å². The van der Waals surface area contributed by atoms with Crippen LogP contribution in [0.1, 0.15) is 22.8 Å². The third kappa shape index (κ3) is 2.75. The fourth-order valence-corrected chi connectivity index (χ4v) is 2.77. The number of rotatable bonds is 4. The van der Waals surface area contributed by atoms with E-state index in [2.05, 4.69) is 5.32 Å². The summed E-state index contributed by atoms with van der Waals surface area (Å²) < 4.78 is 1.86.